The zero-order valence-electron chi connectivity index (χ0n) is 10.6. The monoisotopic (exact) mass is 263 g/mol. The Hall–Kier alpha value is -0.800. The van der Waals surface area contributed by atoms with Crippen LogP contribution in [0.25, 0.3) is 0 Å². The summed E-state index contributed by atoms with van der Waals surface area (Å²) in [5.74, 6) is 0. The second-order valence-electron chi connectivity index (χ2n) is 4.74. The molecular weight excluding hydrogens is 243 g/mol. The number of halogens is 3. The largest absolute Gasteiger partial charge is 0.401 e. The van der Waals surface area contributed by atoms with Crippen LogP contribution < -0.4 is 5.32 Å². The van der Waals surface area contributed by atoms with Crippen LogP contribution in [0.4, 0.5) is 13.2 Å². The molecule has 1 saturated carbocycles. The molecule has 1 unspecified atom stereocenters. The van der Waals surface area contributed by atoms with E-state index < -0.39 is 12.7 Å². The Morgan fingerprint density at radius 1 is 1.44 bits per heavy atom. The maximum absolute atomic E-state index is 12.4. The first-order valence-electron chi connectivity index (χ1n) is 6.40. The quantitative estimate of drug-likeness (QED) is 0.730. The standard InChI is InChI=1S/C12H20F3N3/c1-2-6-17-10(8-16)5-7-18(11-3-4-11)9-12(13,14)15/h10-11,17H,2-7,9H2,1H3. The molecular formula is C12H20F3N3. The number of hydrogen-bond acceptors (Lipinski definition) is 3. The third-order valence-electron chi connectivity index (χ3n) is 2.95. The zero-order valence-corrected chi connectivity index (χ0v) is 10.6. The molecule has 0 aliphatic heterocycles. The normalized spacial score (nSPS) is 17.8. The van der Waals surface area contributed by atoms with Gasteiger partial charge in [-0.05, 0) is 32.2 Å². The van der Waals surface area contributed by atoms with Crippen molar-refractivity contribution in [3.8, 4) is 6.07 Å². The van der Waals surface area contributed by atoms with Gasteiger partial charge in [0.1, 0.15) is 0 Å². The smallest absolute Gasteiger partial charge is 0.302 e. The predicted molar refractivity (Wildman–Crippen MR) is 63.0 cm³/mol. The molecule has 1 fully saturated rings. The highest BCUT2D eigenvalue weighted by molar-refractivity contribution is 4.92. The summed E-state index contributed by atoms with van der Waals surface area (Å²) in [7, 11) is 0. The molecule has 0 radical (unpaired) electrons. The molecule has 0 spiro atoms. The third kappa shape index (κ3) is 6.22. The topological polar surface area (TPSA) is 39.1 Å². The van der Waals surface area contributed by atoms with E-state index in [9.17, 15) is 13.2 Å². The van der Waals surface area contributed by atoms with E-state index in [1.54, 1.807) is 0 Å². The fraction of sp³-hybridized carbons (Fsp3) is 0.917. The number of nitriles is 1. The summed E-state index contributed by atoms with van der Waals surface area (Å²) in [5, 5.41) is 11.9. The summed E-state index contributed by atoms with van der Waals surface area (Å²) in [6.07, 6.45) is -1.11. The number of alkyl halides is 3. The van der Waals surface area contributed by atoms with Gasteiger partial charge in [-0.15, -0.1) is 0 Å². The van der Waals surface area contributed by atoms with E-state index in [2.05, 4.69) is 11.4 Å². The lowest BCUT2D eigenvalue weighted by Crippen LogP contribution is -2.39. The molecule has 104 valence electrons. The molecule has 1 N–H and O–H groups in total. The Morgan fingerprint density at radius 3 is 2.56 bits per heavy atom. The Labute approximate surface area is 106 Å². The van der Waals surface area contributed by atoms with Crippen LogP contribution in [0, 0.1) is 11.3 Å². The van der Waals surface area contributed by atoms with Crippen LogP contribution in [0.1, 0.15) is 32.6 Å². The van der Waals surface area contributed by atoms with Crippen molar-refractivity contribution < 1.29 is 13.2 Å². The SMILES string of the molecule is CCCNC(C#N)CCN(CC(F)(F)F)C1CC1. The molecule has 0 heterocycles. The number of nitrogens with one attached hydrogen (secondary N) is 1. The van der Waals surface area contributed by atoms with E-state index in [-0.39, 0.29) is 12.1 Å². The van der Waals surface area contributed by atoms with Gasteiger partial charge in [0.25, 0.3) is 0 Å². The Morgan fingerprint density at radius 2 is 2.11 bits per heavy atom. The highest BCUT2D eigenvalue weighted by Crippen LogP contribution is 2.30. The minimum atomic E-state index is -4.15. The second-order valence-corrected chi connectivity index (χ2v) is 4.74. The summed E-state index contributed by atoms with van der Waals surface area (Å²) in [5.41, 5.74) is 0. The van der Waals surface area contributed by atoms with Crippen molar-refractivity contribution in [2.75, 3.05) is 19.6 Å². The lowest BCUT2D eigenvalue weighted by Gasteiger charge is -2.24. The predicted octanol–water partition coefficient (Wildman–Crippen LogP) is 2.29. The lowest BCUT2D eigenvalue weighted by atomic mass is 10.2. The number of rotatable bonds is 8. The van der Waals surface area contributed by atoms with Crippen molar-refractivity contribution in [1.82, 2.24) is 10.2 Å². The molecule has 0 bridgehead atoms. The molecule has 0 amide bonds. The highest BCUT2D eigenvalue weighted by atomic mass is 19.4. The highest BCUT2D eigenvalue weighted by Gasteiger charge is 2.37. The van der Waals surface area contributed by atoms with Gasteiger partial charge in [0.15, 0.2) is 0 Å². The molecule has 1 atom stereocenters. The Balaban J connectivity index is 2.34. The first-order chi connectivity index (χ1) is 8.46. The molecule has 0 aromatic rings. The van der Waals surface area contributed by atoms with Crippen LogP contribution in [-0.4, -0.2) is 42.8 Å². The van der Waals surface area contributed by atoms with Crippen molar-refractivity contribution >= 4 is 0 Å². The molecule has 0 aromatic heterocycles. The summed E-state index contributed by atoms with van der Waals surface area (Å²) < 4.78 is 37.1. The number of hydrogen-bond donors (Lipinski definition) is 1. The van der Waals surface area contributed by atoms with E-state index in [4.69, 9.17) is 5.26 Å². The van der Waals surface area contributed by atoms with Gasteiger partial charge in [0.05, 0.1) is 18.7 Å². The van der Waals surface area contributed by atoms with Gasteiger partial charge in [0.2, 0.25) is 0 Å². The molecule has 1 rings (SSSR count). The van der Waals surface area contributed by atoms with Crippen LogP contribution in [0.5, 0.6) is 0 Å². The zero-order chi connectivity index (χ0) is 13.6. The van der Waals surface area contributed by atoms with E-state index in [1.807, 2.05) is 6.92 Å². The second kappa shape index (κ2) is 6.95. The van der Waals surface area contributed by atoms with Gasteiger partial charge in [-0.25, -0.2) is 0 Å². The summed E-state index contributed by atoms with van der Waals surface area (Å²) in [6.45, 7) is 2.19. The van der Waals surface area contributed by atoms with Crippen LogP contribution in [0.2, 0.25) is 0 Å². The molecule has 18 heavy (non-hydrogen) atoms. The Bertz CT molecular complexity index is 281. The first kappa shape index (κ1) is 15.3. The van der Waals surface area contributed by atoms with Crippen LogP contribution in [0.3, 0.4) is 0 Å². The molecule has 0 saturated heterocycles. The maximum Gasteiger partial charge on any atom is 0.401 e. The summed E-state index contributed by atoms with van der Waals surface area (Å²) in [6, 6.07) is 1.81. The van der Waals surface area contributed by atoms with Gasteiger partial charge in [-0.1, -0.05) is 6.92 Å². The summed E-state index contributed by atoms with van der Waals surface area (Å²) >= 11 is 0. The van der Waals surface area contributed by atoms with E-state index in [0.29, 0.717) is 13.0 Å². The van der Waals surface area contributed by atoms with Crippen molar-refractivity contribution in [1.29, 1.82) is 5.26 Å². The third-order valence-corrected chi connectivity index (χ3v) is 2.95. The molecule has 0 aromatic carbocycles. The fourth-order valence-electron chi connectivity index (χ4n) is 1.89. The average Bonchev–Trinajstić information content (AvgIpc) is 3.10. The Kier molecular flexibility index (Phi) is 5.89. The molecule has 1 aliphatic carbocycles. The van der Waals surface area contributed by atoms with Crippen LogP contribution in [-0.2, 0) is 0 Å². The lowest BCUT2D eigenvalue weighted by molar-refractivity contribution is -0.147. The average molecular weight is 263 g/mol. The minimum Gasteiger partial charge on any atom is -0.302 e. The van der Waals surface area contributed by atoms with E-state index in [1.165, 1.54) is 4.90 Å². The van der Waals surface area contributed by atoms with Crippen molar-refractivity contribution in [2.45, 2.75) is 50.9 Å². The van der Waals surface area contributed by atoms with Crippen molar-refractivity contribution in [2.24, 2.45) is 0 Å². The van der Waals surface area contributed by atoms with Gasteiger partial charge < -0.3 is 5.32 Å². The van der Waals surface area contributed by atoms with Gasteiger partial charge in [-0.3, -0.25) is 4.90 Å². The van der Waals surface area contributed by atoms with Gasteiger partial charge >= 0.3 is 6.18 Å². The minimum absolute atomic E-state index is 0.0668. The number of nitrogens with zero attached hydrogens (tertiary/aromatic N) is 2. The molecule has 1 aliphatic rings. The first-order valence-corrected chi connectivity index (χ1v) is 6.40. The van der Waals surface area contributed by atoms with Crippen LogP contribution in [0.15, 0.2) is 0 Å². The van der Waals surface area contributed by atoms with Gasteiger partial charge in [-0.2, -0.15) is 18.4 Å². The molecule has 3 nitrogen and oxygen atoms in total. The van der Waals surface area contributed by atoms with E-state index >= 15 is 0 Å². The van der Waals surface area contributed by atoms with Crippen molar-refractivity contribution in [3.63, 3.8) is 0 Å². The fourth-order valence-corrected chi connectivity index (χ4v) is 1.89. The van der Waals surface area contributed by atoms with Crippen LogP contribution >= 0.6 is 0 Å². The summed E-state index contributed by atoms with van der Waals surface area (Å²) in [4.78, 5) is 1.46. The maximum atomic E-state index is 12.4. The van der Waals surface area contributed by atoms with E-state index in [0.717, 1.165) is 25.8 Å². The molecule has 6 heteroatoms. The van der Waals surface area contributed by atoms with Gasteiger partial charge in [0, 0.05) is 12.6 Å². The van der Waals surface area contributed by atoms with Crippen molar-refractivity contribution in [3.05, 3.63) is 0 Å².